The summed E-state index contributed by atoms with van der Waals surface area (Å²) in [4.78, 5) is 11.2. The Kier molecular flexibility index (Phi) is 3.67. The molecule has 0 saturated heterocycles. The molecule has 0 aliphatic rings. The Hall–Kier alpha value is -2.23. The highest BCUT2D eigenvalue weighted by Crippen LogP contribution is 2.15. The smallest absolute Gasteiger partial charge is 0.337 e. The Morgan fingerprint density at radius 1 is 1.17 bits per heavy atom. The number of furan rings is 1. The lowest BCUT2D eigenvalue weighted by Gasteiger charge is -2.05. The van der Waals surface area contributed by atoms with Crippen LogP contribution in [0.2, 0.25) is 0 Å². The topological polar surface area (TPSA) is 48.7 Å². The van der Waals surface area contributed by atoms with Gasteiger partial charge in [-0.15, -0.1) is 0 Å². The van der Waals surface area contributed by atoms with Crippen molar-refractivity contribution in [3.8, 4) is 5.75 Å². The summed E-state index contributed by atoms with van der Waals surface area (Å²) in [6, 6.07) is 10.5. The van der Waals surface area contributed by atoms with Crippen molar-refractivity contribution in [1.29, 1.82) is 0 Å². The van der Waals surface area contributed by atoms with Gasteiger partial charge in [-0.25, -0.2) is 4.79 Å². The molecule has 0 saturated carbocycles. The van der Waals surface area contributed by atoms with Crippen LogP contribution in [-0.2, 0) is 11.3 Å². The quantitative estimate of drug-likeness (QED) is 0.778. The van der Waals surface area contributed by atoms with Crippen molar-refractivity contribution in [2.24, 2.45) is 0 Å². The van der Waals surface area contributed by atoms with Crippen molar-refractivity contribution in [2.45, 2.75) is 13.5 Å². The molecule has 4 nitrogen and oxygen atoms in total. The van der Waals surface area contributed by atoms with Crippen molar-refractivity contribution >= 4 is 5.97 Å². The molecule has 94 valence electrons. The van der Waals surface area contributed by atoms with Crippen LogP contribution in [0.1, 0.15) is 21.9 Å². The molecule has 2 aromatic rings. The van der Waals surface area contributed by atoms with Crippen molar-refractivity contribution < 1.29 is 18.7 Å². The first-order chi connectivity index (χ1) is 8.69. The Morgan fingerprint density at radius 2 is 1.89 bits per heavy atom. The Bertz CT molecular complexity index is 525. The lowest BCUT2D eigenvalue weighted by Crippen LogP contribution is -2.01. The summed E-state index contributed by atoms with van der Waals surface area (Å²) < 4.78 is 15.5. The molecule has 0 unspecified atom stereocenters. The third-order valence-electron chi connectivity index (χ3n) is 2.45. The molecule has 2 rings (SSSR count). The van der Waals surface area contributed by atoms with E-state index in [9.17, 15) is 4.79 Å². The van der Waals surface area contributed by atoms with Gasteiger partial charge < -0.3 is 13.9 Å². The summed E-state index contributed by atoms with van der Waals surface area (Å²) in [7, 11) is 1.35. The Labute approximate surface area is 105 Å². The van der Waals surface area contributed by atoms with Gasteiger partial charge in [-0.1, -0.05) is 0 Å². The average molecular weight is 246 g/mol. The number of hydrogen-bond donors (Lipinski definition) is 0. The molecule has 0 spiro atoms. The van der Waals surface area contributed by atoms with Crippen LogP contribution < -0.4 is 4.74 Å². The minimum absolute atomic E-state index is 0.358. The standard InChI is InChI=1S/C14H14O4/c1-10-3-6-13(18-10)9-17-12-7-4-11(5-8-12)14(15)16-2/h3-8H,9H2,1-2H3. The third-order valence-corrected chi connectivity index (χ3v) is 2.45. The van der Waals surface area contributed by atoms with Gasteiger partial charge in [0.05, 0.1) is 12.7 Å². The van der Waals surface area contributed by atoms with Crippen molar-refractivity contribution in [3.05, 3.63) is 53.5 Å². The number of benzene rings is 1. The average Bonchev–Trinajstić information content (AvgIpc) is 2.82. The van der Waals surface area contributed by atoms with Crippen molar-refractivity contribution in [3.63, 3.8) is 0 Å². The zero-order valence-electron chi connectivity index (χ0n) is 10.3. The number of methoxy groups -OCH3 is 1. The fraction of sp³-hybridized carbons (Fsp3) is 0.214. The number of rotatable bonds is 4. The highest BCUT2D eigenvalue weighted by Gasteiger charge is 2.05. The molecule has 1 aromatic heterocycles. The molecule has 0 aliphatic carbocycles. The van der Waals surface area contributed by atoms with E-state index in [0.29, 0.717) is 17.9 Å². The van der Waals surface area contributed by atoms with Crippen LogP contribution in [0.25, 0.3) is 0 Å². The summed E-state index contributed by atoms with van der Waals surface area (Å²) >= 11 is 0. The Morgan fingerprint density at radius 3 is 2.44 bits per heavy atom. The fourth-order valence-corrected chi connectivity index (χ4v) is 1.52. The number of hydrogen-bond acceptors (Lipinski definition) is 4. The van der Waals surface area contributed by atoms with Gasteiger partial charge in [0.15, 0.2) is 0 Å². The maximum atomic E-state index is 11.2. The lowest BCUT2D eigenvalue weighted by molar-refractivity contribution is 0.0600. The first-order valence-electron chi connectivity index (χ1n) is 5.55. The van der Waals surface area contributed by atoms with E-state index in [0.717, 1.165) is 11.5 Å². The van der Waals surface area contributed by atoms with E-state index in [-0.39, 0.29) is 5.97 Å². The first kappa shape index (κ1) is 12.2. The largest absolute Gasteiger partial charge is 0.486 e. The Balaban J connectivity index is 1.96. The second kappa shape index (κ2) is 5.40. The van der Waals surface area contributed by atoms with Crippen LogP contribution in [0.15, 0.2) is 40.8 Å². The van der Waals surface area contributed by atoms with E-state index in [4.69, 9.17) is 9.15 Å². The van der Waals surface area contributed by atoms with E-state index < -0.39 is 0 Å². The lowest BCUT2D eigenvalue weighted by atomic mass is 10.2. The molecular formula is C14H14O4. The summed E-state index contributed by atoms with van der Waals surface area (Å²) in [6.45, 7) is 2.25. The summed E-state index contributed by atoms with van der Waals surface area (Å²) in [5.74, 6) is 1.94. The zero-order chi connectivity index (χ0) is 13.0. The van der Waals surface area contributed by atoms with Crippen molar-refractivity contribution in [2.75, 3.05) is 7.11 Å². The van der Waals surface area contributed by atoms with Crippen LogP contribution in [0.3, 0.4) is 0 Å². The molecule has 0 atom stereocenters. The second-order valence-electron chi connectivity index (χ2n) is 3.82. The highest BCUT2D eigenvalue weighted by molar-refractivity contribution is 5.89. The van der Waals surface area contributed by atoms with Gasteiger partial charge in [0.25, 0.3) is 0 Å². The predicted octanol–water partition coefficient (Wildman–Crippen LogP) is 2.95. The normalized spacial score (nSPS) is 10.1. The van der Waals surface area contributed by atoms with Crippen molar-refractivity contribution in [1.82, 2.24) is 0 Å². The SMILES string of the molecule is COC(=O)c1ccc(OCc2ccc(C)o2)cc1. The summed E-state index contributed by atoms with van der Waals surface area (Å²) in [5, 5.41) is 0. The second-order valence-corrected chi connectivity index (χ2v) is 3.82. The van der Waals surface area contributed by atoms with E-state index in [1.54, 1.807) is 24.3 Å². The van der Waals surface area contributed by atoms with Gasteiger partial charge in [0.2, 0.25) is 0 Å². The first-order valence-corrected chi connectivity index (χ1v) is 5.55. The number of aryl methyl sites for hydroxylation is 1. The molecular weight excluding hydrogens is 232 g/mol. The maximum Gasteiger partial charge on any atom is 0.337 e. The van der Waals surface area contributed by atoms with Crippen LogP contribution in [0.4, 0.5) is 0 Å². The highest BCUT2D eigenvalue weighted by atomic mass is 16.5. The monoisotopic (exact) mass is 246 g/mol. The van der Waals surface area contributed by atoms with Crippen LogP contribution in [-0.4, -0.2) is 13.1 Å². The third kappa shape index (κ3) is 2.91. The number of carbonyl (C=O) groups is 1. The molecule has 18 heavy (non-hydrogen) atoms. The van der Waals surface area contributed by atoms with E-state index in [1.807, 2.05) is 19.1 Å². The number of ether oxygens (including phenoxy) is 2. The van der Waals surface area contributed by atoms with Crippen LogP contribution in [0, 0.1) is 6.92 Å². The van der Waals surface area contributed by atoms with Crippen LogP contribution >= 0.6 is 0 Å². The number of esters is 1. The summed E-state index contributed by atoms with van der Waals surface area (Å²) in [5.41, 5.74) is 0.499. The van der Waals surface area contributed by atoms with E-state index in [2.05, 4.69) is 4.74 Å². The molecule has 0 radical (unpaired) electrons. The van der Waals surface area contributed by atoms with E-state index in [1.165, 1.54) is 7.11 Å². The molecule has 0 amide bonds. The molecule has 1 aromatic carbocycles. The van der Waals surface area contributed by atoms with Gasteiger partial charge in [0, 0.05) is 0 Å². The minimum atomic E-state index is -0.358. The van der Waals surface area contributed by atoms with Gasteiger partial charge in [-0.05, 0) is 43.3 Å². The number of carbonyl (C=O) groups excluding carboxylic acids is 1. The van der Waals surface area contributed by atoms with Gasteiger partial charge in [-0.2, -0.15) is 0 Å². The fourth-order valence-electron chi connectivity index (χ4n) is 1.52. The molecule has 0 aliphatic heterocycles. The van der Waals surface area contributed by atoms with Crippen LogP contribution in [0.5, 0.6) is 5.75 Å². The molecule has 0 fully saturated rings. The molecule has 4 heteroatoms. The van der Waals surface area contributed by atoms with Gasteiger partial charge >= 0.3 is 5.97 Å². The summed E-state index contributed by atoms with van der Waals surface area (Å²) in [6.07, 6.45) is 0. The van der Waals surface area contributed by atoms with Gasteiger partial charge in [0.1, 0.15) is 23.9 Å². The predicted molar refractivity (Wildman–Crippen MR) is 65.6 cm³/mol. The zero-order valence-corrected chi connectivity index (χ0v) is 10.3. The minimum Gasteiger partial charge on any atom is -0.486 e. The van der Waals surface area contributed by atoms with Gasteiger partial charge in [-0.3, -0.25) is 0 Å². The van der Waals surface area contributed by atoms with E-state index >= 15 is 0 Å². The molecule has 1 heterocycles. The molecule has 0 N–H and O–H groups in total. The maximum absolute atomic E-state index is 11.2. The molecule has 0 bridgehead atoms.